The van der Waals surface area contributed by atoms with E-state index < -0.39 is 106 Å². The summed E-state index contributed by atoms with van der Waals surface area (Å²) in [5.41, 5.74) is -9.73. The smallest absolute Gasteiger partial charge is 0.347 e. The Hall–Kier alpha value is -3.44. The van der Waals surface area contributed by atoms with Crippen LogP contribution >= 0.6 is 0 Å². The lowest BCUT2D eigenvalue weighted by molar-refractivity contribution is -0.388. The molecule has 0 saturated carbocycles. The summed E-state index contributed by atoms with van der Waals surface area (Å²) in [5, 5.41) is 36.4. The molecule has 15 heteroatoms. The average molecular weight is 893 g/mol. The third-order valence-electron chi connectivity index (χ3n) is 11.1. The van der Waals surface area contributed by atoms with Crippen molar-refractivity contribution in [2.24, 2.45) is 17.8 Å². The van der Waals surface area contributed by atoms with Gasteiger partial charge in [-0.15, -0.1) is 0 Å². The van der Waals surface area contributed by atoms with E-state index >= 15 is 4.79 Å². The molecule has 358 valence electrons. The van der Waals surface area contributed by atoms with E-state index in [0.717, 1.165) is 24.5 Å². The molecule has 2 aliphatic rings. The van der Waals surface area contributed by atoms with Gasteiger partial charge in [-0.1, -0.05) is 70.5 Å². The zero-order chi connectivity index (χ0) is 48.1. The number of fused-ring (bicyclic) bond motifs is 2. The number of ether oxygens (including phenoxy) is 8. The van der Waals surface area contributed by atoms with Crippen LogP contribution in [-0.2, 0) is 63.5 Å². The standard InChI is InChI=1S/C48H76O15/c1-17-29(2)27-30(3)23-24-34(50)57-37-36(58-45(14,15)56-16)46(26-25-33(49)35(51)31(4)28-32-21-19-18-20-22-32)59-38(39(52)60-42(5,6)7)47(55,40(53)61-43(8,9)10)48(37,63-46)41(54)62-44(11,12)13/h18-24,29-31,33,35-38,49,51,55H,17,25-28H2,1-16H3/b24-23+/t29?,30?,31?,33?,35?,36-,37-,38-,46-,47-,48-/m1/s1. The van der Waals surface area contributed by atoms with Crippen molar-refractivity contribution >= 4 is 23.9 Å². The molecule has 2 aliphatic heterocycles. The minimum Gasteiger partial charge on any atom is -0.458 e. The zero-order valence-electron chi connectivity index (χ0n) is 40.4. The second-order valence-electron chi connectivity index (χ2n) is 20.8. The van der Waals surface area contributed by atoms with Gasteiger partial charge in [0.15, 0.2) is 18.0 Å². The van der Waals surface area contributed by atoms with Crippen molar-refractivity contribution in [2.75, 3.05) is 7.11 Å². The Morgan fingerprint density at radius 1 is 0.825 bits per heavy atom. The van der Waals surface area contributed by atoms with E-state index in [4.69, 9.17) is 37.9 Å². The first kappa shape index (κ1) is 53.9. The van der Waals surface area contributed by atoms with Gasteiger partial charge in [-0.2, -0.15) is 0 Å². The van der Waals surface area contributed by atoms with Gasteiger partial charge in [0.25, 0.3) is 5.60 Å². The number of hydrogen-bond donors (Lipinski definition) is 3. The molecular formula is C48H76O15. The molecule has 3 rings (SSSR count). The summed E-state index contributed by atoms with van der Waals surface area (Å²) in [6, 6.07) is 9.41. The van der Waals surface area contributed by atoms with Crippen LogP contribution in [0.2, 0.25) is 0 Å². The lowest BCUT2D eigenvalue weighted by Gasteiger charge is -2.51. The average Bonchev–Trinajstić information content (AvgIpc) is 3.38. The molecule has 0 aromatic heterocycles. The number of methoxy groups -OCH3 is 1. The molecule has 5 unspecified atom stereocenters. The topological polar surface area (TPSA) is 203 Å². The number of carbonyl (C=O) groups excluding carboxylic acids is 4. The summed E-state index contributed by atoms with van der Waals surface area (Å²) in [7, 11) is 1.33. The number of rotatable bonds is 19. The largest absolute Gasteiger partial charge is 0.458 e. The highest BCUT2D eigenvalue weighted by Crippen LogP contribution is 2.58. The molecule has 15 nitrogen and oxygen atoms in total. The molecule has 11 atom stereocenters. The van der Waals surface area contributed by atoms with Crippen molar-refractivity contribution in [2.45, 2.75) is 206 Å². The Labute approximate surface area is 374 Å². The van der Waals surface area contributed by atoms with Crippen molar-refractivity contribution < 1.29 is 72.4 Å². The molecule has 2 heterocycles. The summed E-state index contributed by atoms with van der Waals surface area (Å²) in [5.74, 6) is -9.62. The van der Waals surface area contributed by atoms with Crippen LogP contribution in [0.1, 0.15) is 135 Å². The van der Waals surface area contributed by atoms with Crippen LogP contribution in [0, 0.1) is 17.8 Å². The normalized spacial score (nSPS) is 27.8. The highest BCUT2D eigenvalue weighted by Gasteiger charge is 2.87. The molecule has 2 fully saturated rings. The first-order valence-electron chi connectivity index (χ1n) is 22.1. The fourth-order valence-corrected chi connectivity index (χ4v) is 7.75. The van der Waals surface area contributed by atoms with Gasteiger partial charge in [-0.05, 0) is 119 Å². The molecule has 2 bridgehead atoms. The number of aliphatic hydroxyl groups excluding tert-OH is 2. The molecule has 0 radical (unpaired) electrons. The van der Waals surface area contributed by atoms with Crippen LogP contribution in [0.25, 0.3) is 0 Å². The van der Waals surface area contributed by atoms with Crippen molar-refractivity contribution in [1.29, 1.82) is 0 Å². The van der Waals surface area contributed by atoms with Gasteiger partial charge < -0.3 is 53.2 Å². The molecule has 0 aliphatic carbocycles. The lowest BCUT2D eigenvalue weighted by Crippen LogP contribution is -2.79. The maximum absolute atomic E-state index is 15.3. The van der Waals surface area contributed by atoms with Crippen molar-refractivity contribution in [3.8, 4) is 0 Å². The molecule has 1 aromatic carbocycles. The van der Waals surface area contributed by atoms with Crippen LogP contribution in [0.4, 0.5) is 0 Å². The maximum Gasteiger partial charge on any atom is 0.347 e. The molecular weight excluding hydrogens is 817 g/mol. The number of allylic oxidation sites excluding steroid dienone is 1. The van der Waals surface area contributed by atoms with E-state index in [1.807, 2.05) is 37.3 Å². The molecule has 3 N–H and O–H groups in total. The summed E-state index contributed by atoms with van der Waals surface area (Å²) in [6.07, 6.45) is -5.17. The van der Waals surface area contributed by atoms with Gasteiger partial charge in [-0.3, -0.25) is 0 Å². The summed E-state index contributed by atoms with van der Waals surface area (Å²) in [6.45, 7) is 24.6. The van der Waals surface area contributed by atoms with Crippen molar-refractivity contribution in [3.63, 3.8) is 0 Å². The van der Waals surface area contributed by atoms with Gasteiger partial charge in [0.1, 0.15) is 16.8 Å². The van der Waals surface area contributed by atoms with E-state index in [1.54, 1.807) is 33.8 Å². The fraction of sp³-hybridized carbons (Fsp3) is 0.750. The quantitative estimate of drug-likeness (QED) is 0.0604. The molecule has 2 saturated heterocycles. The lowest BCUT2D eigenvalue weighted by atomic mass is 9.74. The second-order valence-corrected chi connectivity index (χ2v) is 20.8. The number of esters is 4. The number of carbonyl (C=O) groups is 4. The number of aliphatic hydroxyl groups is 3. The van der Waals surface area contributed by atoms with Crippen LogP contribution in [-0.4, -0.2) is 116 Å². The van der Waals surface area contributed by atoms with Gasteiger partial charge in [-0.25, -0.2) is 19.2 Å². The van der Waals surface area contributed by atoms with Crippen LogP contribution in [0.5, 0.6) is 0 Å². The third kappa shape index (κ3) is 13.3. The molecule has 0 amide bonds. The van der Waals surface area contributed by atoms with Crippen molar-refractivity contribution in [1.82, 2.24) is 0 Å². The van der Waals surface area contributed by atoms with Crippen molar-refractivity contribution in [3.05, 3.63) is 48.0 Å². The summed E-state index contributed by atoms with van der Waals surface area (Å²) >= 11 is 0. The third-order valence-corrected chi connectivity index (χ3v) is 11.1. The number of benzene rings is 1. The van der Waals surface area contributed by atoms with Gasteiger partial charge >= 0.3 is 23.9 Å². The van der Waals surface area contributed by atoms with Gasteiger partial charge in [0, 0.05) is 19.6 Å². The van der Waals surface area contributed by atoms with E-state index in [9.17, 15) is 29.7 Å². The van der Waals surface area contributed by atoms with Crippen LogP contribution in [0.15, 0.2) is 42.5 Å². The first-order valence-corrected chi connectivity index (χ1v) is 22.1. The number of hydrogen-bond acceptors (Lipinski definition) is 15. The zero-order valence-corrected chi connectivity index (χ0v) is 40.4. The Balaban J connectivity index is 2.43. The Morgan fingerprint density at radius 3 is 1.90 bits per heavy atom. The maximum atomic E-state index is 15.3. The highest BCUT2D eigenvalue weighted by atomic mass is 16.8. The van der Waals surface area contributed by atoms with Gasteiger partial charge in [0.2, 0.25) is 17.5 Å². The Morgan fingerprint density at radius 2 is 1.38 bits per heavy atom. The predicted octanol–water partition coefficient (Wildman–Crippen LogP) is 6.30. The van der Waals surface area contributed by atoms with Crippen LogP contribution in [0.3, 0.4) is 0 Å². The predicted molar refractivity (Wildman–Crippen MR) is 233 cm³/mol. The van der Waals surface area contributed by atoms with E-state index in [-0.39, 0.29) is 12.3 Å². The molecule has 0 spiro atoms. The van der Waals surface area contributed by atoms with E-state index in [2.05, 4.69) is 13.8 Å². The second kappa shape index (κ2) is 20.4. The minimum absolute atomic E-state index is 0.0898. The Bertz CT molecular complexity index is 1740. The van der Waals surface area contributed by atoms with Gasteiger partial charge in [0.05, 0.1) is 12.2 Å². The monoisotopic (exact) mass is 893 g/mol. The fourth-order valence-electron chi connectivity index (χ4n) is 7.75. The van der Waals surface area contributed by atoms with E-state index in [1.165, 1.54) is 62.5 Å². The highest BCUT2D eigenvalue weighted by molar-refractivity contribution is 6.00. The van der Waals surface area contributed by atoms with Crippen LogP contribution < -0.4 is 0 Å². The SMILES string of the molecule is CCC(C)CC(C)/C=C/C(=O)O[C@@H]1[C@@H](OC(C)(C)OC)[C@]2(CCC(O)C(O)C(C)Cc3ccccc3)O[C@H](C(=O)OC(C)(C)C)[C@@](O)(C(=O)OC(C)(C)C)[C@@]1(C(=O)OC(C)(C)C)O2. The first-order chi connectivity index (χ1) is 28.8. The summed E-state index contributed by atoms with van der Waals surface area (Å²) in [4.78, 5) is 58.9. The Kier molecular flexibility index (Phi) is 17.4. The minimum atomic E-state index is -3.52. The summed E-state index contributed by atoms with van der Waals surface area (Å²) < 4.78 is 49.1. The van der Waals surface area contributed by atoms with E-state index in [0.29, 0.717) is 12.3 Å². The molecule has 63 heavy (non-hydrogen) atoms. The molecule has 1 aromatic rings.